The van der Waals surface area contributed by atoms with Crippen LogP contribution in [0.4, 0.5) is 8.78 Å². The van der Waals surface area contributed by atoms with Gasteiger partial charge in [-0.15, -0.1) is 0 Å². The molecule has 0 N–H and O–H groups in total. The number of pyridine rings is 2. The van der Waals surface area contributed by atoms with Gasteiger partial charge in [0.1, 0.15) is 5.75 Å². The van der Waals surface area contributed by atoms with Crippen LogP contribution < -0.4 is 9.47 Å². The molecular weight excluding hydrogens is 326 g/mol. The van der Waals surface area contributed by atoms with Crippen molar-refractivity contribution in [3.05, 3.63) is 66.0 Å². The number of rotatable bonds is 5. The number of methoxy groups -OCH3 is 1. The van der Waals surface area contributed by atoms with E-state index >= 15 is 0 Å². The molecule has 2 aromatic heterocycles. The molecule has 25 heavy (non-hydrogen) atoms. The van der Waals surface area contributed by atoms with Crippen molar-refractivity contribution >= 4 is 0 Å². The maximum Gasteiger partial charge on any atom is 0.264 e. The third kappa shape index (κ3) is 3.57. The van der Waals surface area contributed by atoms with E-state index in [-0.39, 0.29) is 5.56 Å². The summed E-state index contributed by atoms with van der Waals surface area (Å²) >= 11 is 0. The van der Waals surface area contributed by atoms with E-state index in [0.717, 1.165) is 5.56 Å². The van der Waals surface area contributed by atoms with Crippen molar-refractivity contribution in [1.82, 2.24) is 9.97 Å². The van der Waals surface area contributed by atoms with Crippen LogP contribution in [0.25, 0.3) is 11.1 Å². The number of hydrogen-bond donors (Lipinski definition) is 0. The van der Waals surface area contributed by atoms with Gasteiger partial charge in [0.15, 0.2) is 0 Å². The number of ether oxygens (including phenoxy) is 2. The van der Waals surface area contributed by atoms with Crippen molar-refractivity contribution in [3.8, 4) is 28.6 Å². The summed E-state index contributed by atoms with van der Waals surface area (Å²) in [6.45, 7) is 1.62. The lowest BCUT2D eigenvalue weighted by Crippen LogP contribution is -1.96. The Kier molecular flexibility index (Phi) is 4.88. The number of aryl methyl sites for hydroxylation is 1. The summed E-state index contributed by atoms with van der Waals surface area (Å²) in [5, 5.41) is 0. The second-order valence-corrected chi connectivity index (χ2v) is 5.34. The van der Waals surface area contributed by atoms with Gasteiger partial charge in [-0.05, 0) is 55.0 Å². The highest BCUT2D eigenvalue weighted by Gasteiger charge is 2.15. The fraction of sp³-hybridized carbons (Fsp3) is 0.158. The molecular formula is C19H16F2N2O2. The van der Waals surface area contributed by atoms with E-state index < -0.39 is 6.43 Å². The molecule has 0 aliphatic heterocycles. The van der Waals surface area contributed by atoms with Crippen LogP contribution in [0.1, 0.15) is 17.6 Å². The van der Waals surface area contributed by atoms with Crippen LogP contribution in [0.15, 0.2) is 54.9 Å². The maximum absolute atomic E-state index is 12.9. The second kappa shape index (κ2) is 7.25. The topological polar surface area (TPSA) is 44.2 Å². The van der Waals surface area contributed by atoms with Crippen molar-refractivity contribution in [2.45, 2.75) is 13.3 Å². The largest absolute Gasteiger partial charge is 0.481 e. The van der Waals surface area contributed by atoms with Gasteiger partial charge in [0.05, 0.1) is 7.11 Å². The molecule has 0 atom stereocenters. The van der Waals surface area contributed by atoms with Gasteiger partial charge in [0.2, 0.25) is 11.8 Å². The number of aromatic nitrogens is 2. The lowest BCUT2D eigenvalue weighted by Gasteiger charge is -2.13. The van der Waals surface area contributed by atoms with Crippen molar-refractivity contribution in [3.63, 3.8) is 0 Å². The smallest absolute Gasteiger partial charge is 0.264 e. The lowest BCUT2D eigenvalue weighted by molar-refractivity contribution is 0.150. The van der Waals surface area contributed by atoms with Gasteiger partial charge in [0.25, 0.3) is 6.43 Å². The first kappa shape index (κ1) is 16.8. The van der Waals surface area contributed by atoms with Gasteiger partial charge in [-0.25, -0.2) is 18.7 Å². The van der Waals surface area contributed by atoms with E-state index in [1.54, 1.807) is 37.5 Å². The van der Waals surface area contributed by atoms with Crippen molar-refractivity contribution in [2.24, 2.45) is 0 Å². The molecule has 2 heterocycles. The van der Waals surface area contributed by atoms with Gasteiger partial charge in [-0.1, -0.05) is 0 Å². The molecule has 0 saturated carbocycles. The molecule has 0 saturated heterocycles. The van der Waals surface area contributed by atoms with Crippen LogP contribution in [0.3, 0.4) is 0 Å². The van der Waals surface area contributed by atoms with E-state index in [1.165, 1.54) is 19.2 Å². The van der Waals surface area contributed by atoms with Gasteiger partial charge in [0, 0.05) is 29.1 Å². The first-order chi connectivity index (χ1) is 12.1. The molecule has 0 radical (unpaired) electrons. The number of halogens is 2. The monoisotopic (exact) mass is 342 g/mol. The standard InChI is InChI=1S/C19H16F2N2O2/c1-12-11-13(7-8-14(12)17(20)21)25-19-16(6-4-10-23-19)15-5-3-9-22-18(15)24-2/h3-11,17H,1-2H3. The molecule has 0 aliphatic carbocycles. The normalized spacial score (nSPS) is 10.8. The first-order valence-corrected chi connectivity index (χ1v) is 7.61. The van der Waals surface area contributed by atoms with Gasteiger partial charge < -0.3 is 9.47 Å². The Labute approximate surface area is 144 Å². The molecule has 3 aromatic rings. The summed E-state index contributed by atoms with van der Waals surface area (Å²) in [5.74, 6) is 1.23. The van der Waals surface area contributed by atoms with Crippen LogP contribution in [0.5, 0.6) is 17.5 Å². The molecule has 4 nitrogen and oxygen atoms in total. The van der Waals surface area contributed by atoms with Crippen LogP contribution in [0.2, 0.25) is 0 Å². The van der Waals surface area contributed by atoms with E-state index in [0.29, 0.717) is 28.6 Å². The zero-order chi connectivity index (χ0) is 17.8. The molecule has 0 aliphatic rings. The molecule has 3 rings (SSSR count). The van der Waals surface area contributed by atoms with E-state index in [4.69, 9.17) is 9.47 Å². The SMILES string of the molecule is COc1ncccc1-c1cccnc1Oc1ccc(C(F)F)c(C)c1. The molecule has 0 fully saturated rings. The molecule has 1 aromatic carbocycles. The highest BCUT2D eigenvalue weighted by Crippen LogP contribution is 2.36. The second-order valence-electron chi connectivity index (χ2n) is 5.34. The zero-order valence-corrected chi connectivity index (χ0v) is 13.7. The minimum absolute atomic E-state index is 0.0116. The fourth-order valence-electron chi connectivity index (χ4n) is 2.50. The third-order valence-electron chi connectivity index (χ3n) is 3.72. The van der Waals surface area contributed by atoms with Crippen LogP contribution in [-0.4, -0.2) is 17.1 Å². The Morgan fingerprint density at radius 1 is 0.920 bits per heavy atom. The number of hydrogen-bond acceptors (Lipinski definition) is 4. The summed E-state index contributed by atoms with van der Waals surface area (Å²) in [6.07, 6.45) is 0.715. The maximum atomic E-state index is 12.9. The van der Waals surface area contributed by atoms with Gasteiger partial charge in [-0.2, -0.15) is 0 Å². The highest BCUT2D eigenvalue weighted by atomic mass is 19.3. The Balaban J connectivity index is 1.98. The quantitative estimate of drug-likeness (QED) is 0.640. The number of alkyl halides is 2. The molecule has 6 heteroatoms. The van der Waals surface area contributed by atoms with Gasteiger partial charge in [-0.3, -0.25) is 0 Å². The minimum Gasteiger partial charge on any atom is -0.481 e. The molecule has 0 bridgehead atoms. The molecule has 0 spiro atoms. The Bertz CT molecular complexity index is 885. The first-order valence-electron chi connectivity index (χ1n) is 7.61. The summed E-state index contributed by atoms with van der Waals surface area (Å²) in [7, 11) is 1.54. The Morgan fingerprint density at radius 2 is 1.56 bits per heavy atom. The predicted molar refractivity (Wildman–Crippen MR) is 90.2 cm³/mol. The minimum atomic E-state index is -2.51. The fourth-order valence-corrected chi connectivity index (χ4v) is 2.50. The van der Waals surface area contributed by atoms with Crippen molar-refractivity contribution in [2.75, 3.05) is 7.11 Å². The average Bonchev–Trinajstić information content (AvgIpc) is 2.62. The number of nitrogens with zero attached hydrogens (tertiary/aromatic N) is 2. The van der Waals surface area contributed by atoms with Crippen molar-refractivity contribution in [1.29, 1.82) is 0 Å². The zero-order valence-electron chi connectivity index (χ0n) is 13.7. The summed E-state index contributed by atoms with van der Waals surface area (Å²) in [4.78, 5) is 8.44. The molecule has 0 unspecified atom stereocenters. The average molecular weight is 342 g/mol. The van der Waals surface area contributed by atoms with Crippen molar-refractivity contribution < 1.29 is 18.3 Å². The molecule has 0 amide bonds. The van der Waals surface area contributed by atoms with Crippen LogP contribution >= 0.6 is 0 Å². The van der Waals surface area contributed by atoms with Gasteiger partial charge >= 0.3 is 0 Å². The molecule has 128 valence electrons. The summed E-state index contributed by atoms with van der Waals surface area (Å²) in [6, 6.07) is 11.7. The van der Waals surface area contributed by atoms with Crippen LogP contribution in [-0.2, 0) is 0 Å². The summed E-state index contributed by atoms with van der Waals surface area (Å²) < 4.78 is 36.9. The number of benzene rings is 1. The lowest BCUT2D eigenvalue weighted by atomic mass is 10.1. The summed E-state index contributed by atoms with van der Waals surface area (Å²) in [5.41, 5.74) is 1.88. The van der Waals surface area contributed by atoms with E-state index in [9.17, 15) is 8.78 Å². The predicted octanol–water partition coefficient (Wildman–Crippen LogP) is 5.19. The highest BCUT2D eigenvalue weighted by molar-refractivity contribution is 5.73. The Hall–Kier alpha value is -3.02. The van der Waals surface area contributed by atoms with Crippen LogP contribution in [0, 0.1) is 6.92 Å². The van der Waals surface area contributed by atoms with E-state index in [1.807, 2.05) is 12.1 Å². The third-order valence-corrected chi connectivity index (χ3v) is 3.72. The Morgan fingerprint density at radius 3 is 2.16 bits per heavy atom. The van der Waals surface area contributed by atoms with E-state index in [2.05, 4.69) is 9.97 Å².